The first-order valence-corrected chi connectivity index (χ1v) is 6.43. The van der Waals surface area contributed by atoms with E-state index >= 15 is 0 Å². The maximum Gasteiger partial charge on any atom is 0.222 e. The van der Waals surface area contributed by atoms with Gasteiger partial charge in [0.05, 0.1) is 5.69 Å². The summed E-state index contributed by atoms with van der Waals surface area (Å²) in [5.41, 5.74) is 2.99. The van der Waals surface area contributed by atoms with E-state index in [1.165, 1.54) is 5.56 Å². The van der Waals surface area contributed by atoms with Gasteiger partial charge in [0.15, 0.2) is 0 Å². The minimum Gasteiger partial charge on any atom is -0.350 e. The smallest absolute Gasteiger partial charge is 0.222 e. The first-order chi connectivity index (χ1) is 9.92. The van der Waals surface area contributed by atoms with Crippen molar-refractivity contribution in [1.29, 1.82) is 0 Å². The molecule has 4 nitrogen and oxygen atoms in total. The molecular weight excluding hydrogens is 248 g/mol. The van der Waals surface area contributed by atoms with E-state index in [2.05, 4.69) is 32.4 Å². The lowest BCUT2D eigenvalue weighted by Crippen LogP contribution is -2.03. The maximum atomic E-state index is 4.31. The first-order valence-electron chi connectivity index (χ1n) is 6.43. The molecule has 0 unspecified atom stereocenters. The second kappa shape index (κ2) is 5.93. The molecule has 2 aromatic heterocycles. The molecule has 0 aliphatic heterocycles. The highest BCUT2D eigenvalue weighted by molar-refractivity contribution is 5.56. The van der Waals surface area contributed by atoms with Crippen LogP contribution in [0.5, 0.6) is 0 Å². The van der Waals surface area contributed by atoms with Crippen LogP contribution in [-0.2, 0) is 6.54 Å². The standard InChI is InChI=1S/C16H14N4/c1-2-6-13(7-3-1)10-18-16-19-11-14(12-20-16)15-8-4-5-9-17-15/h1-9,11-12H,10H2,(H,18,19,20). The predicted molar refractivity (Wildman–Crippen MR) is 79.0 cm³/mol. The van der Waals surface area contributed by atoms with Gasteiger partial charge in [-0.25, -0.2) is 9.97 Å². The van der Waals surface area contributed by atoms with E-state index in [9.17, 15) is 0 Å². The molecule has 0 fully saturated rings. The Kier molecular flexibility index (Phi) is 3.64. The van der Waals surface area contributed by atoms with Gasteiger partial charge in [0, 0.05) is 30.7 Å². The van der Waals surface area contributed by atoms with Crippen LogP contribution in [-0.4, -0.2) is 15.0 Å². The summed E-state index contributed by atoms with van der Waals surface area (Å²) in [5, 5.41) is 3.20. The van der Waals surface area contributed by atoms with Crippen molar-refractivity contribution in [1.82, 2.24) is 15.0 Å². The summed E-state index contributed by atoms with van der Waals surface area (Å²) in [5.74, 6) is 0.619. The monoisotopic (exact) mass is 262 g/mol. The fourth-order valence-electron chi connectivity index (χ4n) is 1.86. The molecule has 0 radical (unpaired) electrons. The third kappa shape index (κ3) is 2.98. The van der Waals surface area contributed by atoms with E-state index in [-0.39, 0.29) is 0 Å². The molecule has 4 heteroatoms. The summed E-state index contributed by atoms with van der Waals surface area (Å²) in [6, 6.07) is 15.9. The molecule has 98 valence electrons. The highest BCUT2D eigenvalue weighted by Gasteiger charge is 2.01. The molecule has 2 heterocycles. The number of nitrogens with one attached hydrogen (secondary N) is 1. The van der Waals surface area contributed by atoms with Gasteiger partial charge >= 0.3 is 0 Å². The predicted octanol–water partition coefficient (Wildman–Crippen LogP) is 3.15. The van der Waals surface area contributed by atoms with Gasteiger partial charge in [0.2, 0.25) is 5.95 Å². The highest BCUT2D eigenvalue weighted by Crippen LogP contribution is 2.14. The van der Waals surface area contributed by atoms with Crippen LogP contribution in [0.2, 0.25) is 0 Å². The van der Waals surface area contributed by atoms with Crippen molar-refractivity contribution < 1.29 is 0 Å². The number of rotatable bonds is 4. The van der Waals surface area contributed by atoms with Gasteiger partial charge in [-0.1, -0.05) is 36.4 Å². The summed E-state index contributed by atoms with van der Waals surface area (Å²) in [6.07, 6.45) is 5.32. The second-order valence-electron chi connectivity index (χ2n) is 4.35. The van der Waals surface area contributed by atoms with Crippen molar-refractivity contribution in [2.24, 2.45) is 0 Å². The Morgan fingerprint density at radius 1 is 0.800 bits per heavy atom. The molecule has 1 aromatic carbocycles. The van der Waals surface area contributed by atoms with E-state index < -0.39 is 0 Å². The van der Waals surface area contributed by atoms with Crippen LogP contribution in [0.1, 0.15) is 5.56 Å². The molecule has 0 atom stereocenters. The number of aromatic nitrogens is 3. The van der Waals surface area contributed by atoms with Crippen LogP contribution in [0, 0.1) is 0 Å². The molecule has 3 rings (SSSR count). The Balaban J connectivity index is 1.68. The van der Waals surface area contributed by atoms with Gasteiger partial charge in [0.25, 0.3) is 0 Å². The van der Waals surface area contributed by atoms with Gasteiger partial charge < -0.3 is 5.32 Å². The average molecular weight is 262 g/mol. The van der Waals surface area contributed by atoms with Gasteiger partial charge in [-0.15, -0.1) is 0 Å². The number of nitrogens with zero attached hydrogens (tertiary/aromatic N) is 3. The summed E-state index contributed by atoms with van der Waals surface area (Å²) < 4.78 is 0. The van der Waals surface area contributed by atoms with Gasteiger partial charge in [0.1, 0.15) is 0 Å². The van der Waals surface area contributed by atoms with Crippen LogP contribution < -0.4 is 5.32 Å². The molecule has 0 spiro atoms. The summed E-state index contributed by atoms with van der Waals surface area (Å²) >= 11 is 0. The number of benzene rings is 1. The lowest BCUT2D eigenvalue weighted by Gasteiger charge is -2.05. The molecule has 1 N–H and O–H groups in total. The Morgan fingerprint density at radius 2 is 1.55 bits per heavy atom. The minimum absolute atomic E-state index is 0.619. The summed E-state index contributed by atoms with van der Waals surface area (Å²) in [7, 11) is 0. The molecule has 0 aliphatic rings. The third-order valence-electron chi connectivity index (χ3n) is 2.91. The van der Waals surface area contributed by atoms with Crippen molar-refractivity contribution in [2.45, 2.75) is 6.54 Å². The van der Waals surface area contributed by atoms with E-state index in [4.69, 9.17) is 0 Å². The van der Waals surface area contributed by atoms with Crippen LogP contribution in [0.4, 0.5) is 5.95 Å². The van der Waals surface area contributed by atoms with Crippen LogP contribution in [0.15, 0.2) is 67.1 Å². The van der Waals surface area contributed by atoms with Crippen molar-refractivity contribution in [3.05, 3.63) is 72.7 Å². The summed E-state index contributed by atoms with van der Waals surface area (Å²) in [6.45, 7) is 0.712. The highest BCUT2D eigenvalue weighted by atomic mass is 15.1. The van der Waals surface area contributed by atoms with E-state index in [0.717, 1.165) is 11.3 Å². The fourth-order valence-corrected chi connectivity index (χ4v) is 1.86. The Morgan fingerprint density at radius 3 is 2.25 bits per heavy atom. The molecular formula is C16H14N4. The van der Waals surface area contributed by atoms with Crippen LogP contribution >= 0.6 is 0 Å². The largest absolute Gasteiger partial charge is 0.350 e. The third-order valence-corrected chi connectivity index (χ3v) is 2.91. The van der Waals surface area contributed by atoms with Gasteiger partial charge in [-0.3, -0.25) is 4.98 Å². The molecule has 0 saturated carbocycles. The Bertz CT molecular complexity index is 651. The molecule has 0 saturated heterocycles. The average Bonchev–Trinajstić information content (AvgIpc) is 2.55. The van der Waals surface area contributed by atoms with Crippen molar-refractivity contribution in [3.63, 3.8) is 0 Å². The number of hydrogen-bond acceptors (Lipinski definition) is 4. The molecule has 0 bridgehead atoms. The number of hydrogen-bond donors (Lipinski definition) is 1. The van der Waals surface area contributed by atoms with Gasteiger partial charge in [-0.2, -0.15) is 0 Å². The maximum absolute atomic E-state index is 4.31. The SMILES string of the molecule is c1ccc(CNc2ncc(-c3ccccn3)cn2)cc1. The van der Waals surface area contributed by atoms with E-state index in [1.54, 1.807) is 18.6 Å². The lowest BCUT2D eigenvalue weighted by atomic mass is 10.2. The lowest BCUT2D eigenvalue weighted by molar-refractivity contribution is 1.05. The normalized spacial score (nSPS) is 10.2. The zero-order chi connectivity index (χ0) is 13.6. The molecule has 3 aromatic rings. The minimum atomic E-state index is 0.619. The molecule has 20 heavy (non-hydrogen) atoms. The Hall–Kier alpha value is -2.75. The van der Waals surface area contributed by atoms with E-state index in [1.807, 2.05) is 36.4 Å². The molecule has 0 amide bonds. The van der Waals surface area contributed by atoms with Crippen molar-refractivity contribution in [2.75, 3.05) is 5.32 Å². The topological polar surface area (TPSA) is 50.7 Å². The zero-order valence-electron chi connectivity index (χ0n) is 10.9. The first kappa shape index (κ1) is 12.3. The summed E-state index contributed by atoms with van der Waals surface area (Å²) in [4.78, 5) is 12.9. The van der Waals surface area contributed by atoms with Crippen molar-refractivity contribution in [3.8, 4) is 11.3 Å². The molecule has 0 aliphatic carbocycles. The van der Waals surface area contributed by atoms with E-state index in [0.29, 0.717) is 12.5 Å². The van der Waals surface area contributed by atoms with Crippen LogP contribution in [0.3, 0.4) is 0 Å². The van der Waals surface area contributed by atoms with Crippen LogP contribution in [0.25, 0.3) is 11.3 Å². The van der Waals surface area contributed by atoms with Crippen molar-refractivity contribution >= 4 is 5.95 Å². The zero-order valence-corrected chi connectivity index (χ0v) is 10.9. The fraction of sp³-hybridized carbons (Fsp3) is 0.0625. The number of pyridine rings is 1. The van der Waals surface area contributed by atoms with Gasteiger partial charge in [-0.05, 0) is 17.7 Å². The Labute approximate surface area is 117 Å². The quantitative estimate of drug-likeness (QED) is 0.784. The number of anilines is 1. The second-order valence-corrected chi connectivity index (χ2v) is 4.35.